The summed E-state index contributed by atoms with van der Waals surface area (Å²) < 4.78 is 1.91. The van der Waals surface area contributed by atoms with Crippen molar-refractivity contribution < 1.29 is 4.79 Å². The Kier molecular flexibility index (Phi) is 3.81. The number of likely N-dealkylation sites (tertiary alicyclic amines) is 1. The maximum atomic E-state index is 13.4. The molecule has 5 rings (SSSR count). The molecule has 0 radical (unpaired) electrons. The molecule has 1 saturated heterocycles. The van der Waals surface area contributed by atoms with E-state index in [-0.39, 0.29) is 11.9 Å². The van der Waals surface area contributed by atoms with Gasteiger partial charge in [0.05, 0.1) is 17.1 Å². The minimum Gasteiger partial charge on any atom is -0.340 e. The first-order valence-electron chi connectivity index (χ1n) is 9.94. The zero-order valence-electron chi connectivity index (χ0n) is 16.0. The molecule has 1 fully saturated rings. The Balaban J connectivity index is 1.49. The van der Waals surface area contributed by atoms with Crippen molar-refractivity contribution in [3.8, 4) is 0 Å². The molecule has 3 heterocycles. The molecule has 6 heteroatoms. The van der Waals surface area contributed by atoms with Crippen LogP contribution in [0.15, 0.2) is 18.2 Å². The summed E-state index contributed by atoms with van der Waals surface area (Å²) >= 11 is 0. The molecular weight excluding hydrogens is 338 g/mol. The Labute approximate surface area is 158 Å². The number of aromatic nitrogens is 4. The summed E-state index contributed by atoms with van der Waals surface area (Å²) in [6.07, 6.45) is 6.27. The molecule has 1 atom stereocenters. The van der Waals surface area contributed by atoms with E-state index in [1.165, 1.54) is 23.2 Å². The van der Waals surface area contributed by atoms with Crippen LogP contribution in [-0.4, -0.2) is 37.1 Å². The molecule has 6 nitrogen and oxygen atoms in total. The van der Waals surface area contributed by atoms with E-state index in [9.17, 15) is 4.79 Å². The molecule has 0 spiro atoms. The largest absolute Gasteiger partial charge is 0.340 e. The number of nitrogens with one attached hydrogen (secondary N) is 1. The van der Waals surface area contributed by atoms with Crippen molar-refractivity contribution in [2.24, 2.45) is 7.05 Å². The lowest BCUT2D eigenvalue weighted by atomic mass is 9.95. The molecule has 1 aliphatic carbocycles. The summed E-state index contributed by atoms with van der Waals surface area (Å²) in [6.45, 7) is 2.85. The van der Waals surface area contributed by atoms with Crippen LogP contribution in [0.4, 0.5) is 0 Å². The van der Waals surface area contributed by atoms with Crippen molar-refractivity contribution in [1.82, 2.24) is 24.6 Å². The predicted molar refractivity (Wildman–Crippen MR) is 104 cm³/mol. The second-order valence-corrected chi connectivity index (χ2v) is 7.90. The molecule has 1 amide bonds. The Morgan fingerprint density at radius 3 is 2.96 bits per heavy atom. The molecular formula is C21H25N5O. The SMILES string of the molecule is Cc1ccc2nc([C@@H]3CCCN3C(=O)c3nn(C)c4c3CCCC4)[nH]c2c1. The Morgan fingerprint density at radius 1 is 1.22 bits per heavy atom. The number of aryl methyl sites for hydroxylation is 2. The molecule has 27 heavy (non-hydrogen) atoms. The zero-order valence-corrected chi connectivity index (χ0v) is 16.0. The third-order valence-corrected chi connectivity index (χ3v) is 6.05. The normalized spacial score (nSPS) is 19.6. The van der Waals surface area contributed by atoms with E-state index in [4.69, 9.17) is 4.98 Å². The fourth-order valence-corrected chi connectivity index (χ4v) is 4.68. The second-order valence-electron chi connectivity index (χ2n) is 7.90. The van der Waals surface area contributed by atoms with Gasteiger partial charge in [0.1, 0.15) is 5.82 Å². The Hall–Kier alpha value is -2.63. The molecule has 0 saturated carbocycles. The molecule has 1 aromatic carbocycles. The van der Waals surface area contributed by atoms with E-state index in [1.807, 2.05) is 22.7 Å². The van der Waals surface area contributed by atoms with Gasteiger partial charge in [-0.2, -0.15) is 5.10 Å². The quantitative estimate of drug-likeness (QED) is 0.758. The number of carbonyl (C=O) groups is 1. The van der Waals surface area contributed by atoms with Crippen LogP contribution in [0.3, 0.4) is 0 Å². The van der Waals surface area contributed by atoms with E-state index in [0.29, 0.717) is 5.69 Å². The number of amides is 1. The van der Waals surface area contributed by atoms with Gasteiger partial charge in [-0.15, -0.1) is 0 Å². The highest BCUT2D eigenvalue weighted by Crippen LogP contribution is 2.34. The van der Waals surface area contributed by atoms with Gasteiger partial charge in [0, 0.05) is 24.8 Å². The number of benzene rings is 1. The Morgan fingerprint density at radius 2 is 2.07 bits per heavy atom. The van der Waals surface area contributed by atoms with E-state index in [1.54, 1.807) is 0 Å². The van der Waals surface area contributed by atoms with Gasteiger partial charge in [0.15, 0.2) is 5.69 Å². The fraction of sp³-hybridized carbons (Fsp3) is 0.476. The third-order valence-electron chi connectivity index (χ3n) is 6.05. The molecule has 1 aliphatic heterocycles. The number of aromatic amines is 1. The summed E-state index contributed by atoms with van der Waals surface area (Å²) in [6, 6.07) is 6.24. The van der Waals surface area contributed by atoms with Crippen molar-refractivity contribution >= 4 is 16.9 Å². The lowest BCUT2D eigenvalue weighted by Gasteiger charge is -2.23. The minimum atomic E-state index is 0.00597. The number of rotatable bonds is 2. The van der Waals surface area contributed by atoms with Crippen LogP contribution in [0.1, 0.15) is 64.9 Å². The number of nitrogens with zero attached hydrogens (tertiary/aromatic N) is 4. The number of hydrogen-bond acceptors (Lipinski definition) is 3. The van der Waals surface area contributed by atoms with Gasteiger partial charge in [-0.05, 0) is 63.1 Å². The Bertz CT molecular complexity index is 1030. The molecule has 140 valence electrons. The van der Waals surface area contributed by atoms with Crippen LogP contribution in [0.25, 0.3) is 11.0 Å². The van der Waals surface area contributed by atoms with Gasteiger partial charge < -0.3 is 9.88 Å². The first kappa shape index (κ1) is 16.5. The number of hydrogen-bond donors (Lipinski definition) is 1. The molecule has 1 N–H and O–H groups in total. The average Bonchev–Trinajstić information content (AvgIpc) is 3.38. The van der Waals surface area contributed by atoms with Gasteiger partial charge in [0.2, 0.25) is 0 Å². The average molecular weight is 363 g/mol. The summed E-state index contributed by atoms with van der Waals surface area (Å²) in [5, 5.41) is 4.61. The van der Waals surface area contributed by atoms with E-state index < -0.39 is 0 Å². The molecule has 2 aliphatic rings. The van der Waals surface area contributed by atoms with Crippen LogP contribution >= 0.6 is 0 Å². The van der Waals surface area contributed by atoms with Crippen molar-refractivity contribution in [1.29, 1.82) is 0 Å². The lowest BCUT2D eigenvalue weighted by Crippen LogP contribution is -2.32. The van der Waals surface area contributed by atoms with Crippen LogP contribution < -0.4 is 0 Å². The van der Waals surface area contributed by atoms with Gasteiger partial charge in [0.25, 0.3) is 5.91 Å². The zero-order chi connectivity index (χ0) is 18.5. The highest BCUT2D eigenvalue weighted by atomic mass is 16.2. The van der Waals surface area contributed by atoms with Crippen LogP contribution in [0.5, 0.6) is 0 Å². The smallest absolute Gasteiger partial charge is 0.275 e. The summed E-state index contributed by atoms with van der Waals surface area (Å²) in [4.78, 5) is 23.6. The topological polar surface area (TPSA) is 66.8 Å². The van der Waals surface area contributed by atoms with E-state index in [0.717, 1.165) is 55.5 Å². The molecule has 0 unspecified atom stereocenters. The van der Waals surface area contributed by atoms with Gasteiger partial charge >= 0.3 is 0 Å². The van der Waals surface area contributed by atoms with Crippen molar-refractivity contribution in [2.75, 3.05) is 6.54 Å². The standard InChI is InChI=1S/C21H25N5O/c1-13-9-10-15-16(12-13)23-20(22-15)18-8-5-11-26(18)21(27)19-14-6-3-4-7-17(14)25(2)24-19/h9-10,12,18H,3-8,11H2,1-2H3,(H,22,23)/t18-/m0/s1. The van der Waals surface area contributed by atoms with Crippen LogP contribution in [0.2, 0.25) is 0 Å². The maximum absolute atomic E-state index is 13.4. The molecule has 3 aromatic rings. The second kappa shape index (κ2) is 6.22. The van der Waals surface area contributed by atoms with E-state index in [2.05, 4.69) is 29.1 Å². The van der Waals surface area contributed by atoms with Gasteiger partial charge in [-0.1, -0.05) is 6.07 Å². The highest BCUT2D eigenvalue weighted by Gasteiger charge is 2.36. The first-order valence-corrected chi connectivity index (χ1v) is 9.94. The lowest BCUT2D eigenvalue weighted by molar-refractivity contribution is 0.0722. The minimum absolute atomic E-state index is 0.00597. The third kappa shape index (κ3) is 2.66. The van der Waals surface area contributed by atoms with Crippen LogP contribution in [0, 0.1) is 6.92 Å². The van der Waals surface area contributed by atoms with Crippen molar-refractivity contribution in [3.05, 3.63) is 46.5 Å². The van der Waals surface area contributed by atoms with E-state index >= 15 is 0 Å². The van der Waals surface area contributed by atoms with Crippen molar-refractivity contribution in [3.63, 3.8) is 0 Å². The maximum Gasteiger partial charge on any atom is 0.275 e. The number of fused-ring (bicyclic) bond motifs is 2. The summed E-state index contributed by atoms with van der Waals surface area (Å²) in [5.74, 6) is 0.958. The molecule has 0 bridgehead atoms. The number of H-pyrrole nitrogens is 1. The predicted octanol–water partition coefficient (Wildman–Crippen LogP) is 3.46. The van der Waals surface area contributed by atoms with Gasteiger partial charge in [-0.3, -0.25) is 9.48 Å². The number of carbonyl (C=O) groups excluding carboxylic acids is 1. The fourth-order valence-electron chi connectivity index (χ4n) is 4.68. The van der Waals surface area contributed by atoms with Crippen molar-refractivity contribution in [2.45, 2.75) is 51.5 Å². The first-order chi connectivity index (χ1) is 13.1. The summed E-state index contributed by atoms with van der Waals surface area (Å²) in [7, 11) is 1.96. The molecule has 2 aromatic heterocycles. The number of imidazole rings is 1. The monoisotopic (exact) mass is 363 g/mol. The van der Waals surface area contributed by atoms with Gasteiger partial charge in [-0.25, -0.2) is 4.98 Å². The highest BCUT2D eigenvalue weighted by molar-refractivity contribution is 5.94. The summed E-state index contributed by atoms with van der Waals surface area (Å²) in [5.41, 5.74) is 6.27. The van der Waals surface area contributed by atoms with Crippen LogP contribution in [-0.2, 0) is 19.9 Å².